The fourth-order valence-electron chi connectivity index (χ4n) is 1.12. The predicted octanol–water partition coefficient (Wildman–Crippen LogP) is 3.43. The van der Waals surface area contributed by atoms with Gasteiger partial charge in [-0.05, 0) is 40.2 Å². The second-order valence-corrected chi connectivity index (χ2v) is 3.88. The monoisotopic (exact) mass is 274 g/mol. The Hall–Kier alpha value is -0.870. The third-order valence-corrected chi connectivity index (χ3v) is 2.64. The average molecular weight is 276 g/mol. The molecule has 0 amide bonds. The average Bonchev–Trinajstić information content (AvgIpc) is 2.52. The summed E-state index contributed by atoms with van der Waals surface area (Å²) in [6.07, 6.45) is 1.63. The Morgan fingerprint density at radius 3 is 2.71 bits per heavy atom. The number of benzene rings is 1. The molecule has 5 heteroatoms. The summed E-state index contributed by atoms with van der Waals surface area (Å²) >= 11 is 9.17. The van der Waals surface area contributed by atoms with E-state index in [0.29, 0.717) is 10.7 Å². The number of rotatable bonds is 1. The standard InChI is InChI=1S/C9H5BrClFN2/c10-9-3-4-13-14(9)8-2-1-6(12)5-7(8)11/h1-5H. The molecular formula is C9H5BrClFN2. The number of halogens is 3. The molecule has 1 heterocycles. The number of hydrogen-bond donors (Lipinski definition) is 0. The minimum absolute atomic E-state index is 0.328. The Kier molecular flexibility index (Phi) is 2.56. The van der Waals surface area contributed by atoms with Crippen LogP contribution in [0.15, 0.2) is 35.1 Å². The van der Waals surface area contributed by atoms with Crippen LogP contribution in [0.4, 0.5) is 4.39 Å². The van der Waals surface area contributed by atoms with Crippen molar-refractivity contribution >= 4 is 27.5 Å². The molecule has 0 atom stereocenters. The zero-order valence-electron chi connectivity index (χ0n) is 6.92. The van der Waals surface area contributed by atoms with Gasteiger partial charge < -0.3 is 0 Å². The SMILES string of the molecule is Fc1ccc(-n2nccc2Br)c(Cl)c1. The highest BCUT2D eigenvalue weighted by molar-refractivity contribution is 9.10. The van der Waals surface area contributed by atoms with Crippen molar-refractivity contribution in [3.63, 3.8) is 0 Å². The molecule has 0 aliphatic rings. The van der Waals surface area contributed by atoms with Crippen molar-refractivity contribution in [2.75, 3.05) is 0 Å². The maximum absolute atomic E-state index is 12.8. The number of hydrogen-bond acceptors (Lipinski definition) is 1. The van der Waals surface area contributed by atoms with Gasteiger partial charge in [-0.1, -0.05) is 11.6 Å². The Bertz CT molecular complexity index is 470. The van der Waals surface area contributed by atoms with Crippen LogP contribution in [0.3, 0.4) is 0 Å². The zero-order chi connectivity index (χ0) is 10.1. The molecule has 0 spiro atoms. The molecule has 2 rings (SSSR count). The van der Waals surface area contributed by atoms with E-state index in [0.717, 1.165) is 4.60 Å². The molecule has 0 aliphatic heterocycles. The summed E-state index contributed by atoms with van der Waals surface area (Å²) in [7, 11) is 0. The van der Waals surface area contributed by atoms with E-state index >= 15 is 0 Å². The first-order chi connectivity index (χ1) is 6.68. The van der Waals surface area contributed by atoms with Crippen molar-refractivity contribution in [3.8, 4) is 5.69 Å². The maximum Gasteiger partial charge on any atom is 0.124 e. The lowest BCUT2D eigenvalue weighted by molar-refractivity contribution is 0.627. The first-order valence-corrected chi connectivity index (χ1v) is 5.00. The van der Waals surface area contributed by atoms with Gasteiger partial charge in [0, 0.05) is 0 Å². The van der Waals surface area contributed by atoms with Crippen LogP contribution in [0.5, 0.6) is 0 Å². The Morgan fingerprint density at radius 2 is 2.14 bits per heavy atom. The van der Waals surface area contributed by atoms with E-state index < -0.39 is 0 Å². The van der Waals surface area contributed by atoms with Crippen molar-refractivity contribution in [2.45, 2.75) is 0 Å². The largest absolute Gasteiger partial charge is 0.225 e. The summed E-state index contributed by atoms with van der Waals surface area (Å²) in [5.41, 5.74) is 0.643. The summed E-state index contributed by atoms with van der Waals surface area (Å²) in [4.78, 5) is 0. The lowest BCUT2D eigenvalue weighted by Gasteiger charge is -2.05. The summed E-state index contributed by atoms with van der Waals surface area (Å²) in [5, 5.41) is 4.37. The lowest BCUT2D eigenvalue weighted by Crippen LogP contribution is -1.97. The van der Waals surface area contributed by atoms with Crippen molar-refractivity contribution in [2.24, 2.45) is 0 Å². The Balaban J connectivity index is 2.58. The van der Waals surface area contributed by atoms with Gasteiger partial charge in [0.15, 0.2) is 0 Å². The van der Waals surface area contributed by atoms with Gasteiger partial charge in [-0.15, -0.1) is 0 Å². The first-order valence-electron chi connectivity index (χ1n) is 3.83. The fourth-order valence-corrected chi connectivity index (χ4v) is 1.77. The van der Waals surface area contributed by atoms with Gasteiger partial charge in [-0.25, -0.2) is 9.07 Å². The van der Waals surface area contributed by atoms with Crippen LogP contribution in [0.25, 0.3) is 5.69 Å². The highest BCUT2D eigenvalue weighted by atomic mass is 79.9. The van der Waals surface area contributed by atoms with E-state index in [1.165, 1.54) is 12.1 Å². The molecule has 0 bridgehead atoms. The van der Waals surface area contributed by atoms with E-state index in [2.05, 4.69) is 21.0 Å². The van der Waals surface area contributed by atoms with Gasteiger partial charge >= 0.3 is 0 Å². The minimum atomic E-state index is -0.359. The molecule has 2 nitrogen and oxygen atoms in total. The van der Waals surface area contributed by atoms with Gasteiger partial charge in [0.1, 0.15) is 10.4 Å². The van der Waals surface area contributed by atoms with Crippen LogP contribution in [-0.2, 0) is 0 Å². The zero-order valence-corrected chi connectivity index (χ0v) is 9.26. The quantitative estimate of drug-likeness (QED) is 0.780. The van der Waals surface area contributed by atoms with Gasteiger partial charge in [-0.2, -0.15) is 5.10 Å². The summed E-state index contributed by atoms with van der Waals surface area (Å²) in [5.74, 6) is -0.359. The predicted molar refractivity (Wildman–Crippen MR) is 56.2 cm³/mol. The minimum Gasteiger partial charge on any atom is -0.225 e. The van der Waals surface area contributed by atoms with Crippen LogP contribution in [0, 0.1) is 5.82 Å². The molecule has 0 fully saturated rings. The van der Waals surface area contributed by atoms with E-state index in [1.807, 2.05) is 0 Å². The van der Waals surface area contributed by atoms with Crippen molar-refractivity contribution < 1.29 is 4.39 Å². The van der Waals surface area contributed by atoms with Crippen LogP contribution in [0.1, 0.15) is 0 Å². The van der Waals surface area contributed by atoms with Gasteiger partial charge in [0.25, 0.3) is 0 Å². The van der Waals surface area contributed by atoms with Gasteiger partial charge in [0.05, 0.1) is 16.9 Å². The lowest BCUT2D eigenvalue weighted by atomic mass is 10.3. The summed E-state index contributed by atoms with van der Waals surface area (Å²) < 4.78 is 15.1. The Labute approximate surface area is 93.4 Å². The van der Waals surface area contributed by atoms with Gasteiger partial charge in [-0.3, -0.25) is 0 Å². The van der Waals surface area contributed by atoms with Crippen LogP contribution in [-0.4, -0.2) is 9.78 Å². The molecule has 0 N–H and O–H groups in total. The number of aromatic nitrogens is 2. The molecule has 0 aliphatic carbocycles. The van der Waals surface area contributed by atoms with Crippen LogP contribution in [0.2, 0.25) is 5.02 Å². The highest BCUT2D eigenvalue weighted by Crippen LogP contribution is 2.23. The first kappa shape index (κ1) is 9.68. The van der Waals surface area contributed by atoms with Crippen LogP contribution < -0.4 is 0 Å². The fraction of sp³-hybridized carbons (Fsp3) is 0. The van der Waals surface area contributed by atoms with Crippen molar-refractivity contribution in [1.82, 2.24) is 9.78 Å². The molecular weight excluding hydrogens is 270 g/mol. The number of nitrogens with zero attached hydrogens (tertiary/aromatic N) is 2. The second kappa shape index (κ2) is 3.71. The topological polar surface area (TPSA) is 17.8 Å². The molecule has 1 aromatic carbocycles. The maximum atomic E-state index is 12.8. The third kappa shape index (κ3) is 1.67. The summed E-state index contributed by atoms with van der Waals surface area (Å²) in [6.45, 7) is 0. The molecule has 72 valence electrons. The molecule has 0 radical (unpaired) electrons. The van der Waals surface area contributed by atoms with Crippen molar-refractivity contribution in [1.29, 1.82) is 0 Å². The Morgan fingerprint density at radius 1 is 1.36 bits per heavy atom. The molecule has 14 heavy (non-hydrogen) atoms. The van der Waals surface area contributed by atoms with Gasteiger partial charge in [0.2, 0.25) is 0 Å². The molecule has 0 unspecified atom stereocenters. The van der Waals surface area contributed by atoms with E-state index in [-0.39, 0.29) is 5.82 Å². The summed E-state index contributed by atoms with van der Waals surface area (Å²) in [6, 6.07) is 5.95. The highest BCUT2D eigenvalue weighted by Gasteiger charge is 2.07. The van der Waals surface area contributed by atoms with Crippen LogP contribution >= 0.6 is 27.5 Å². The normalized spacial score (nSPS) is 10.5. The molecule has 2 aromatic rings. The van der Waals surface area contributed by atoms with Crippen molar-refractivity contribution in [3.05, 3.63) is 45.9 Å². The third-order valence-electron chi connectivity index (χ3n) is 1.73. The van der Waals surface area contributed by atoms with E-state index in [1.54, 1.807) is 23.0 Å². The molecule has 1 aromatic heterocycles. The van der Waals surface area contributed by atoms with E-state index in [4.69, 9.17) is 11.6 Å². The smallest absolute Gasteiger partial charge is 0.124 e. The second-order valence-electron chi connectivity index (χ2n) is 2.66. The molecule has 0 saturated carbocycles. The van der Waals surface area contributed by atoms with E-state index in [9.17, 15) is 4.39 Å². The molecule has 0 saturated heterocycles.